The lowest BCUT2D eigenvalue weighted by atomic mass is 10.1. The minimum atomic E-state index is 0.889. The summed E-state index contributed by atoms with van der Waals surface area (Å²) in [6, 6.07) is 14.1. The SMILES string of the molecule is CN1CCN(/N=C/c2cn(-c3ccccc3)nc2-c2cccnc2)CC1. The number of nitrogens with zero attached hydrogens (tertiary/aromatic N) is 6. The molecule has 0 radical (unpaired) electrons. The van der Waals surface area contributed by atoms with Gasteiger partial charge >= 0.3 is 0 Å². The number of para-hydroxylation sites is 1. The summed E-state index contributed by atoms with van der Waals surface area (Å²) in [5.74, 6) is 0. The Morgan fingerprint density at radius 2 is 1.81 bits per heavy atom. The molecule has 0 unspecified atom stereocenters. The van der Waals surface area contributed by atoms with Crippen molar-refractivity contribution in [2.45, 2.75) is 0 Å². The second-order valence-corrected chi connectivity index (χ2v) is 6.46. The molecule has 1 saturated heterocycles. The van der Waals surface area contributed by atoms with Gasteiger partial charge in [0.15, 0.2) is 0 Å². The molecule has 26 heavy (non-hydrogen) atoms. The van der Waals surface area contributed by atoms with Crippen molar-refractivity contribution in [3.63, 3.8) is 0 Å². The van der Waals surface area contributed by atoms with E-state index >= 15 is 0 Å². The number of aromatic nitrogens is 3. The highest BCUT2D eigenvalue weighted by Crippen LogP contribution is 2.22. The molecule has 6 nitrogen and oxygen atoms in total. The van der Waals surface area contributed by atoms with Crippen LogP contribution in [0.4, 0.5) is 0 Å². The summed E-state index contributed by atoms with van der Waals surface area (Å²) in [4.78, 5) is 6.55. The van der Waals surface area contributed by atoms with Crippen molar-refractivity contribution in [3.8, 4) is 16.9 Å². The van der Waals surface area contributed by atoms with Crippen LogP contribution in [0.15, 0.2) is 66.2 Å². The first-order valence-corrected chi connectivity index (χ1v) is 8.82. The van der Waals surface area contributed by atoms with E-state index in [1.807, 2.05) is 65.8 Å². The minimum Gasteiger partial charge on any atom is -0.303 e. The van der Waals surface area contributed by atoms with Crippen LogP contribution in [0.1, 0.15) is 5.56 Å². The van der Waals surface area contributed by atoms with Crippen LogP contribution < -0.4 is 0 Å². The van der Waals surface area contributed by atoms with Crippen molar-refractivity contribution in [3.05, 3.63) is 66.6 Å². The maximum Gasteiger partial charge on any atom is 0.103 e. The van der Waals surface area contributed by atoms with E-state index in [9.17, 15) is 0 Å². The summed E-state index contributed by atoms with van der Waals surface area (Å²) >= 11 is 0. The standard InChI is InChI=1S/C20H22N6/c1-24-10-12-25(13-11-24)22-15-18-16-26(19-7-3-2-4-8-19)23-20(18)17-6-5-9-21-14-17/h2-9,14-16H,10-13H2,1H3/b22-15+. The van der Waals surface area contributed by atoms with E-state index in [4.69, 9.17) is 5.10 Å². The zero-order valence-corrected chi connectivity index (χ0v) is 14.9. The lowest BCUT2D eigenvalue weighted by Gasteiger charge is -2.30. The molecule has 3 aromatic rings. The molecule has 3 heterocycles. The molecular formula is C20H22N6. The number of hydrazone groups is 1. The summed E-state index contributed by atoms with van der Waals surface area (Å²) < 4.78 is 1.90. The van der Waals surface area contributed by atoms with Gasteiger partial charge < -0.3 is 4.90 Å². The molecule has 0 saturated carbocycles. The second-order valence-electron chi connectivity index (χ2n) is 6.46. The summed E-state index contributed by atoms with van der Waals surface area (Å²) in [6.45, 7) is 3.97. The van der Waals surface area contributed by atoms with Crippen LogP contribution in [0.3, 0.4) is 0 Å². The number of rotatable bonds is 4. The maximum atomic E-state index is 4.79. The molecule has 1 aliphatic heterocycles. The molecule has 0 N–H and O–H groups in total. The Bertz CT molecular complexity index is 864. The average Bonchev–Trinajstić information content (AvgIpc) is 3.13. The Hall–Kier alpha value is -2.99. The predicted molar refractivity (Wildman–Crippen MR) is 103 cm³/mol. The van der Waals surface area contributed by atoms with E-state index in [-0.39, 0.29) is 0 Å². The molecule has 0 amide bonds. The van der Waals surface area contributed by atoms with Crippen molar-refractivity contribution < 1.29 is 0 Å². The Morgan fingerprint density at radius 1 is 1.00 bits per heavy atom. The third kappa shape index (κ3) is 3.65. The van der Waals surface area contributed by atoms with Crippen LogP contribution in [0.5, 0.6) is 0 Å². The first kappa shape index (κ1) is 16.5. The smallest absolute Gasteiger partial charge is 0.103 e. The molecule has 1 aromatic carbocycles. The fourth-order valence-corrected chi connectivity index (χ4v) is 2.98. The Kier molecular flexibility index (Phi) is 4.75. The van der Waals surface area contributed by atoms with Gasteiger partial charge in [0.25, 0.3) is 0 Å². The molecule has 0 atom stereocenters. The largest absolute Gasteiger partial charge is 0.303 e. The number of benzene rings is 1. The van der Waals surface area contributed by atoms with Gasteiger partial charge in [0, 0.05) is 55.9 Å². The van der Waals surface area contributed by atoms with Crippen LogP contribution >= 0.6 is 0 Å². The minimum absolute atomic E-state index is 0.889. The van der Waals surface area contributed by atoms with E-state index in [2.05, 4.69) is 27.0 Å². The lowest BCUT2D eigenvalue weighted by molar-refractivity contribution is 0.159. The van der Waals surface area contributed by atoms with Gasteiger partial charge in [-0.05, 0) is 31.3 Å². The Balaban J connectivity index is 1.67. The van der Waals surface area contributed by atoms with Crippen LogP contribution in [-0.2, 0) is 0 Å². The number of likely N-dealkylation sites (N-methyl/N-ethyl adjacent to an activating group) is 1. The van der Waals surface area contributed by atoms with Crippen molar-refractivity contribution in [1.29, 1.82) is 0 Å². The van der Waals surface area contributed by atoms with Gasteiger partial charge in [0.1, 0.15) is 5.69 Å². The topological polar surface area (TPSA) is 49.5 Å². The highest BCUT2D eigenvalue weighted by Gasteiger charge is 2.14. The molecular weight excluding hydrogens is 324 g/mol. The zero-order chi connectivity index (χ0) is 17.8. The van der Waals surface area contributed by atoms with Crippen molar-refractivity contribution in [2.75, 3.05) is 33.2 Å². The van der Waals surface area contributed by atoms with Gasteiger partial charge in [-0.1, -0.05) is 18.2 Å². The first-order chi connectivity index (χ1) is 12.8. The lowest BCUT2D eigenvalue weighted by Crippen LogP contribution is -2.41. The zero-order valence-electron chi connectivity index (χ0n) is 14.9. The molecule has 1 aliphatic rings. The average molecular weight is 346 g/mol. The summed E-state index contributed by atoms with van der Waals surface area (Å²) in [5, 5.41) is 11.6. The number of hydrogen-bond acceptors (Lipinski definition) is 5. The highest BCUT2D eigenvalue weighted by atomic mass is 15.5. The van der Waals surface area contributed by atoms with Crippen LogP contribution in [0.2, 0.25) is 0 Å². The van der Waals surface area contributed by atoms with Crippen LogP contribution in [0, 0.1) is 0 Å². The molecule has 4 rings (SSSR count). The number of hydrogen-bond donors (Lipinski definition) is 0. The van der Waals surface area contributed by atoms with Gasteiger partial charge in [-0.25, -0.2) is 4.68 Å². The molecule has 1 fully saturated rings. The normalized spacial score (nSPS) is 15.7. The number of piperazine rings is 1. The van der Waals surface area contributed by atoms with Crippen molar-refractivity contribution in [2.24, 2.45) is 5.10 Å². The van der Waals surface area contributed by atoms with E-state index in [0.29, 0.717) is 0 Å². The summed E-state index contributed by atoms with van der Waals surface area (Å²) in [6.07, 6.45) is 7.55. The summed E-state index contributed by atoms with van der Waals surface area (Å²) in [7, 11) is 2.14. The van der Waals surface area contributed by atoms with E-state index in [1.165, 1.54) is 0 Å². The third-order valence-electron chi connectivity index (χ3n) is 4.54. The van der Waals surface area contributed by atoms with E-state index in [1.54, 1.807) is 6.20 Å². The molecule has 0 bridgehead atoms. The Morgan fingerprint density at radius 3 is 2.54 bits per heavy atom. The van der Waals surface area contributed by atoms with Gasteiger partial charge in [0.2, 0.25) is 0 Å². The summed E-state index contributed by atoms with van der Waals surface area (Å²) in [5.41, 5.74) is 3.89. The monoisotopic (exact) mass is 346 g/mol. The predicted octanol–water partition coefficient (Wildman–Crippen LogP) is 2.52. The van der Waals surface area contributed by atoms with Crippen LogP contribution in [0.25, 0.3) is 16.9 Å². The second kappa shape index (κ2) is 7.49. The first-order valence-electron chi connectivity index (χ1n) is 8.82. The van der Waals surface area contributed by atoms with Gasteiger partial charge in [-0.2, -0.15) is 10.2 Å². The number of pyridine rings is 1. The van der Waals surface area contributed by atoms with Gasteiger partial charge in [-0.15, -0.1) is 0 Å². The third-order valence-corrected chi connectivity index (χ3v) is 4.54. The van der Waals surface area contributed by atoms with Gasteiger partial charge in [0.05, 0.1) is 11.9 Å². The van der Waals surface area contributed by atoms with Gasteiger partial charge in [-0.3, -0.25) is 9.99 Å². The maximum absolute atomic E-state index is 4.79. The van der Waals surface area contributed by atoms with Crippen LogP contribution in [-0.4, -0.2) is 64.1 Å². The Labute approximate surface area is 153 Å². The molecule has 0 aliphatic carbocycles. The van der Waals surface area contributed by atoms with Crippen molar-refractivity contribution in [1.82, 2.24) is 24.7 Å². The molecule has 0 spiro atoms. The highest BCUT2D eigenvalue weighted by molar-refractivity contribution is 5.88. The van der Waals surface area contributed by atoms with Crippen molar-refractivity contribution >= 4 is 6.21 Å². The quantitative estimate of drug-likeness (QED) is 0.681. The fraction of sp³-hybridized carbons (Fsp3) is 0.250. The molecule has 6 heteroatoms. The fourth-order valence-electron chi connectivity index (χ4n) is 2.98. The van der Waals surface area contributed by atoms with E-state index < -0.39 is 0 Å². The molecule has 2 aromatic heterocycles. The molecule has 132 valence electrons. The van der Waals surface area contributed by atoms with E-state index in [0.717, 1.165) is 48.7 Å².